The molecule has 3 aliphatic rings. The van der Waals surface area contributed by atoms with E-state index in [0.717, 1.165) is 5.56 Å². The van der Waals surface area contributed by atoms with Gasteiger partial charge in [-0.3, -0.25) is 9.59 Å². The van der Waals surface area contributed by atoms with Gasteiger partial charge in [-0.05, 0) is 24.1 Å². The number of halogens is 1. The van der Waals surface area contributed by atoms with Gasteiger partial charge in [-0.25, -0.2) is 4.68 Å². The number of ether oxygens (including phenoxy) is 4. The van der Waals surface area contributed by atoms with Crippen LogP contribution in [0.2, 0.25) is 5.02 Å². The van der Waals surface area contributed by atoms with E-state index in [1.165, 1.54) is 26.6 Å². The zero-order valence-electron chi connectivity index (χ0n) is 20.5. The number of rotatable bonds is 4. The number of methoxy groups -OCH3 is 3. The van der Waals surface area contributed by atoms with E-state index in [1.807, 2.05) is 31.2 Å². The smallest absolute Gasteiger partial charge is 0.236 e. The molecule has 0 bridgehead atoms. The standard InChI is InChI=1S/C26H23ClN4O6/c1-12-9-15-18(21(31-25(30-15)28-11-29-31)13-5-7-14(34-2)8-6-13)23(32)26(12)24(33)19-16(35-3)10-17(36-4)20(27)22(19)37-26/h5-8,10-12,21H,9H2,1-4H3,(H,28,29,30). The number of allylic oxidation sites excluding steroid dienone is 1. The normalized spacial score (nSPS) is 23.7. The molecule has 3 unspecified atom stereocenters. The van der Waals surface area contributed by atoms with Gasteiger partial charge in [-0.15, -0.1) is 0 Å². The number of nitrogens with one attached hydrogen (secondary N) is 1. The lowest BCUT2D eigenvalue weighted by Gasteiger charge is -2.41. The average molecular weight is 523 g/mol. The fourth-order valence-electron chi connectivity index (χ4n) is 5.48. The van der Waals surface area contributed by atoms with Gasteiger partial charge in [0, 0.05) is 23.3 Å². The molecule has 2 aliphatic heterocycles. The van der Waals surface area contributed by atoms with Crippen molar-refractivity contribution >= 4 is 29.1 Å². The Labute approximate surface area is 217 Å². The summed E-state index contributed by atoms with van der Waals surface area (Å²) in [7, 11) is 4.47. The zero-order chi connectivity index (χ0) is 26.1. The second kappa shape index (κ2) is 8.24. The van der Waals surface area contributed by atoms with Crippen molar-refractivity contribution in [3.05, 3.63) is 64.1 Å². The number of benzene rings is 2. The first-order valence-corrected chi connectivity index (χ1v) is 12.0. The van der Waals surface area contributed by atoms with Gasteiger partial charge >= 0.3 is 0 Å². The SMILES string of the molecule is COc1ccc(C2C3=C(CC(C)C4(Oc5c(Cl)c(OC)cc(OC)c5C4=O)C3=O)Nc3ncnn32)cc1. The summed E-state index contributed by atoms with van der Waals surface area (Å²) in [6, 6.07) is 8.23. The summed E-state index contributed by atoms with van der Waals surface area (Å²) in [5.74, 6) is 0.283. The van der Waals surface area contributed by atoms with Crippen LogP contribution in [0, 0.1) is 5.92 Å². The van der Waals surface area contributed by atoms with Crippen molar-refractivity contribution in [2.24, 2.45) is 5.92 Å². The van der Waals surface area contributed by atoms with Crippen molar-refractivity contribution in [2.75, 3.05) is 26.6 Å². The van der Waals surface area contributed by atoms with Crippen LogP contribution in [-0.4, -0.2) is 53.3 Å². The molecule has 37 heavy (non-hydrogen) atoms. The van der Waals surface area contributed by atoms with Crippen LogP contribution >= 0.6 is 11.6 Å². The van der Waals surface area contributed by atoms with E-state index in [2.05, 4.69) is 15.4 Å². The summed E-state index contributed by atoms with van der Waals surface area (Å²) in [6.07, 6.45) is 1.78. The lowest BCUT2D eigenvalue weighted by Crippen LogP contribution is -2.58. The summed E-state index contributed by atoms with van der Waals surface area (Å²) >= 11 is 6.56. The molecule has 10 nitrogen and oxygen atoms in total. The molecule has 2 aromatic carbocycles. The van der Waals surface area contributed by atoms with Crippen LogP contribution < -0.4 is 24.3 Å². The highest BCUT2D eigenvalue weighted by molar-refractivity contribution is 6.36. The van der Waals surface area contributed by atoms with Crippen LogP contribution in [0.5, 0.6) is 23.0 Å². The predicted molar refractivity (Wildman–Crippen MR) is 133 cm³/mol. The summed E-state index contributed by atoms with van der Waals surface area (Å²) in [5.41, 5.74) is 0.134. The second-order valence-corrected chi connectivity index (χ2v) is 9.50. The molecule has 0 fully saturated rings. The number of carbonyl (C=O) groups excluding carboxylic acids is 2. The highest BCUT2D eigenvalue weighted by atomic mass is 35.5. The van der Waals surface area contributed by atoms with Gasteiger partial charge in [0.25, 0.3) is 0 Å². The van der Waals surface area contributed by atoms with Crippen LogP contribution in [0.1, 0.15) is 35.3 Å². The van der Waals surface area contributed by atoms with E-state index in [4.69, 9.17) is 30.5 Å². The number of hydrogen-bond acceptors (Lipinski definition) is 9. The van der Waals surface area contributed by atoms with Gasteiger partial charge in [-0.1, -0.05) is 30.7 Å². The number of aromatic nitrogens is 3. The molecule has 0 saturated carbocycles. The average Bonchev–Trinajstić information content (AvgIpc) is 3.50. The van der Waals surface area contributed by atoms with Gasteiger partial charge in [0.05, 0.1) is 21.3 Å². The third-order valence-corrected chi connectivity index (χ3v) is 7.67. The number of nitrogens with zero attached hydrogens (tertiary/aromatic N) is 3. The molecule has 0 saturated heterocycles. The molecule has 1 spiro atoms. The summed E-state index contributed by atoms with van der Waals surface area (Å²) in [6.45, 7) is 1.81. The van der Waals surface area contributed by atoms with Crippen LogP contribution in [0.25, 0.3) is 0 Å². The van der Waals surface area contributed by atoms with Crippen molar-refractivity contribution in [1.29, 1.82) is 0 Å². The molecule has 0 radical (unpaired) electrons. The Balaban J connectivity index is 1.52. The number of carbonyl (C=O) groups is 2. The molecule has 1 aromatic heterocycles. The Hall–Kier alpha value is -4.05. The number of hydrogen-bond donors (Lipinski definition) is 1. The second-order valence-electron chi connectivity index (χ2n) is 9.12. The number of fused-ring (bicyclic) bond motifs is 2. The molecule has 6 rings (SSSR count). The van der Waals surface area contributed by atoms with Crippen molar-refractivity contribution in [3.63, 3.8) is 0 Å². The molecule has 3 atom stereocenters. The maximum atomic E-state index is 14.5. The molecule has 0 amide bonds. The molecule has 3 heterocycles. The summed E-state index contributed by atoms with van der Waals surface area (Å²) in [5, 5.41) is 7.73. The van der Waals surface area contributed by atoms with E-state index < -0.39 is 29.1 Å². The van der Waals surface area contributed by atoms with Crippen LogP contribution in [-0.2, 0) is 4.79 Å². The predicted octanol–water partition coefficient (Wildman–Crippen LogP) is 3.85. The summed E-state index contributed by atoms with van der Waals surface area (Å²) < 4.78 is 24.1. The van der Waals surface area contributed by atoms with Gasteiger partial charge in [0.2, 0.25) is 23.1 Å². The van der Waals surface area contributed by atoms with E-state index in [0.29, 0.717) is 29.4 Å². The first-order valence-electron chi connectivity index (χ1n) is 11.6. The minimum absolute atomic E-state index is 0.0818. The molecular weight excluding hydrogens is 500 g/mol. The molecule has 1 aliphatic carbocycles. The van der Waals surface area contributed by atoms with Crippen molar-refractivity contribution in [1.82, 2.24) is 14.8 Å². The van der Waals surface area contributed by atoms with E-state index in [9.17, 15) is 9.59 Å². The highest BCUT2D eigenvalue weighted by Crippen LogP contribution is 2.55. The van der Waals surface area contributed by atoms with E-state index >= 15 is 0 Å². The van der Waals surface area contributed by atoms with Crippen LogP contribution in [0.3, 0.4) is 0 Å². The number of ketones is 2. The van der Waals surface area contributed by atoms with Gasteiger partial charge < -0.3 is 24.3 Å². The first kappa shape index (κ1) is 23.4. The van der Waals surface area contributed by atoms with Crippen molar-refractivity contribution < 1.29 is 28.5 Å². The number of anilines is 1. The Kier molecular flexibility index (Phi) is 5.20. The zero-order valence-corrected chi connectivity index (χ0v) is 21.3. The van der Waals surface area contributed by atoms with Crippen molar-refractivity contribution in [3.8, 4) is 23.0 Å². The third-order valence-electron chi connectivity index (χ3n) is 7.32. The maximum absolute atomic E-state index is 14.5. The lowest BCUT2D eigenvalue weighted by atomic mass is 9.69. The lowest BCUT2D eigenvalue weighted by molar-refractivity contribution is -0.130. The Morgan fingerprint density at radius 2 is 1.81 bits per heavy atom. The van der Waals surface area contributed by atoms with Gasteiger partial charge in [0.15, 0.2) is 5.75 Å². The van der Waals surface area contributed by atoms with Crippen molar-refractivity contribution in [2.45, 2.75) is 25.0 Å². The van der Waals surface area contributed by atoms with Crippen LogP contribution in [0.15, 0.2) is 47.9 Å². The van der Waals surface area contributed by atoms with Gasteiger partial charge in [-0.2, -0.15) is 10.1 Å². The van der Waals surface area contributed by atoms with Gasteiger partial charge in [0.1, 0.15) is 40.2 Å². The quantitative estimate of drug-likeness (QED) is 0.510. The number of Topliss-reactive ketones (excluding diaryl/α,β-unsaturated/α-hetero) is 2. The fraction of sp³-hybridized carbons (Fsp3) is 0.308. The molecule has 3 aromatic rings. The van der Waals surface area contributed by atoms with E-state index in [-0.39, 0.29) is 27.8 Å². The Morgan fingerprint density at radius 3 is 2.49 bits per heavy atom. The Morgan fingerprint density at radius 1 is 1.08 bits per heavy atom. The largest absolute Gasteiger partial charge is 0.497 e. The molecule has 190 valence electrons. The molecule has 1 N–H and O–H groups in total. The fourth-order valence-corrected chi connectivity index (χ4v) is 5.75. The minimum atomic E-state index is -1.82. The molecular formula is C26H23ClN4O6. The first-order chi connectivity index (χ1) is 17.8. The van der Waals surface area contributed by atoms with E-state index in [1.54, 1.807) is 11.8 Å². The van der Waals surface area contributed by atoms with Crippen LogP contribution in [0.4, 0.5) is 5.95 Å². The molecule has 11 heteroatoms. The Bertz CT molecular complexity index is 1500. The maximum Gasteiger partial charge on any atom is 0.236 e. The minimum Gasteiger partial charge on any atom is -0.497 e. The monoisotopic (exact) mass is 522 g/mol. The highest BCUT2D eigenvalue weighted by Gasteiger charge is 2.63. The summed E-state index contributed by atoms with van der Waals surface area (Å²) in [4.78, 5) is 33.0. The third kappa shape index (κ3) is 3.05. The topological polar surface area (TPSA) is 114 Å².